The van der Waals surface area contributed by atoms with E-state index >= 15 is 0 Å². The van der Waals surface area contributed by atoms with E-state index in [1.807, 2.05) is 12.4 Å². The Kier molecular flexibility index (Phi) is 3.52. The molecular formula is C14H25N3O. The number of nitrogens with zero attached hydrogens (tertiary/aromatic N) is 2. The van der Waals surface area contributed by atoms with E-state index in [9.17, 15) is 0 Å². The molecule has 0 unspecified atom stereocenters. The Labute approximate surface area is 109 Å². The minimum atomic E-state index is 0.138. The first-order valence-corrected chi connectivity index (χ1v) is 6.72. The largest absolute Gasteiger partial charge is 0.394 e. The van der Waals surface area contributed by atoms with Gasteiger partial charge in [0.15, 0.2) is 0 Å². The van der Waals surface area contributed by atoms with Gasteiger partial charge in [-0.05, 0) is 23.3 Å². The van der Waals surface area contributed by atoms with Gasteiger partial charge < -0.3 is 10.4 Å². The van der Waals surface area contributed by atoms with Crippen LogP contribution < -0.4 is 5.32 Å². The molecule has 0 aromatic carbocycles. The van der Waals surface area contributed by atoms with Crippen LogP contribution in [0.4, 0.5) is 0 Å². The van der Waals surface area contributed by atoms with Crippen LogP contribution in [0.25, 0.3) is 0 Å². The third-order valence-electron chi connectivity index (χ3n) is 5.01. The fraction of sp³-hybridized carbons (Fsp3) is 0.786. The van der Waals surface area contributed by atoms with Crippen molar-refractivity contribution >= 4 is 0 Å². The summed E-state index contributed by atoms with van der Waals surface area (Å²) in [6, 6.07) is 0. The average Bonchev–Trinajstić information content (AvgIpc) is 2.67. The maximum atomic E-state index is 8.82. The van der Waals surface area contributed by atoms with Gasteiger partial charge in [0.2, 0.25) is 0 Å². The smallest absolute Gasteiger partial charge is 0.0640 e. The molecule has 0 radical (unpaired) electrons. The van der Waals surface area contributed by atoms with Gasteiger partial charge in [0.1, 0.15) is 0 Å². The topological polar surface area (TPSA) is 50.1 Å². The van der Waals surface area contributed by atoms with E-state index in [4.69, 9.17) is 5.11 Å². The van der Waals surface area contributed by atoms with Gasteiger partial charge in [0.25, 0.3) is 0 Å². The first kappa shape index (κ1) is 13.6. The predicted molar refractivity (Wildman–Crippen MR) is 72.1 cm³/mol. The number of aromatic nitrogens is 2. The van der Waals surface area contributed by atoms with Crippen molar-refractivity contribution in [3.05, 3.63) is 18.0 Å². The third kappa shape index (κ3) is 2.31. The molecule has 1 saturated carbocycles. The number of aliphatic hydroxyl groups excluding tert-OH is 1. The zero-order valence-corrected chi connectivity index (χ0v) is 11.9. The highest BCUT2D eigenvalue weighted by molar-refractivity contribution is 5.13. The summed E-state index contributed by atoms with van der Waals surface area (Å²) in [6.45, 7) is 12.0. The Morgan fingerprint density at radius 2 is 2.00 bits per heavy atom. The molecule has 0 bridgehead atoms. The minimum absolute atomic E-state index is 0.138. The van der Waals surface area contributed by atoms with Crippen LogP contribution >= 0.6 is 0 Å². The average molecular weight is 251 g/mol. The van der Waals surface area contributed by atoms with Crippen LogP contribution in [0, 0.1) is 16.7 Å². The molecule has 4 nitrogen and oxygen atoms in total. The summed E-state index contributed by atoms with van der Waals surface area (Å²) in [5.41, 5.74) is 2.07. The van der Waals surface area contributed by atoms with Crippen LogP contribution in [0.2, 0.25) is 0 Å². The molecule has 1 heterocycles. The standard InChI is InChI=1S/C14H25N3O/c1-13(2)12(14(13,3)4)9-15-7-11-8-16-17(10-11)5-6-18/h8,10,12,15,18H,5-7,9H2,1-4H3. The molecule has 2 rings (SSSR count). The first-order valence-electron chi connectivity index (χ1n) is 6.72. The summed E-state index contributed by atoms with van der Waals surface area (Å²) >= 11 is 0. The Bertz CT molecular complexity index is 395. The Morgan fingerprint density at radius 3 is 2.56 bits per heavy atom. The molecule has 1 aromatic rings. The second-order valence-corrected chi connectivity index (χ2v) is 6.46. The summed E-state index contributed by atoms with van der Waals surface area (Å²) in [5, 5.41) is 16.5. The van der Waals surface area contributed by atoms with Crippen molar-refractivity contribution in [3.63, 3.8) is 0 Å². The van der Waals surface area contributed by atoms with Crippen LogP contribution in [-0.4, -0.2) is 28.0 Å². The van der Waals surface area contributed by atoms with Crippen LogP contribution in [0.15, 0.2) is 12.4 Å². The summed E-state index contributed by atoms with van der Waals surface area (Å²) in [5.74, 6) is 0.748. The molecule has 102 valence electrons. The van der Waals surface area contributed by atoms with Crippen LogP contribution in [0.1, 0.15) is 33.3 Å². The number of hydrogen-bond donors (Lipinski definition) is 2. The molecular weight excluding hydrogens is 226 g/mol. The lowest BCUT2D eigenvalue weighted by Crippen LogP contribution is -2.18. The lowest BCUT2D eigenvalue weighted by atomic mass is 10.0. The monoisotopic (exact) mass is 251 g/mol. The molecule has 2 N–H and O–H groups in total. The molecule has 1 aliphatic rings. The molecule has 1 aliphatic carbocycles. The van der Waals surface area contributed by atoms with Crippen LogP contribution in [-0.2, 0) is 13.1 Å². The maximum Gasteiger partial charge on any atom is 0.0640 e. The Hall–Kier alpha value is -0.870. The molecule has 18 heavy (non-hydrogen) atoms. The van der Waals surface area contributed by atoms with E-state index in [2.05, 4.69) is 38.1 Å². The minimum Gasteiger partial charge on any atom is -0.394 e. The normalized spacial score (nSPS) is 21.2. The van der Waals surface area contributed by atoms with Gasteiger partial charge in [-0.15, -0.1) is 0 Å². The van der Waals surface area contributed by atoms with E-state index in [1.54, 1.807) is 4.68 Å². The van der Waals surface area contributed by atoms with Crippen molar-refractivity contribution in [3.8, 4) is 0 Å². The predicted octanol–water partition coefficient (Wildman–Crippen LogP) is 1.65. The van der Waals surface area contributed by atoms with Crippen molar-refractivity contribution in [2.24, 2.45) is 16.7 Å². The van der Waals surface area contributed by atoms with Crippen molar-refractivity contribution in [2.45, 2.75) is 40.8 Å². The molecule has 0 spiro atoms. The molecule has 1 fully saturated rings. The number of rotatable bonds is 6. The van der Waals surface area contributed by atoms with Gasteiger partial charge in [-0.3, -0.25) is 4.68 Å². The van der Waals surface area contributed by atoms with E-state index in [0.717, 1.165) is 19.0 Å². The lowest BCUT2D eigenvalue weighted by Gasteiger charge is -2.04. The fourth-order valence-electron chi connectivity index (χ4n) is 2.93. The van der Waals surface area contributed by atoms with Gasteiger partial charge in [-0.2, -0.15) is 5.10 Å². The zero-order chi connectivity index (χ0) is 13.4. The van der Waals surface area contributed by atoms with Crippen molar-refractivity contribution in [1.29, 1.82) is 0 Å². The zero-order valence-electron chi connectivity index (χ0n) is 11.9. The summed E-state index contributed by atoms with van der Waals surface area (Å²) in [6.07, 6.45) is 3.86. The van der Waals surface area contributed by atoms with Gasteiger partial charge in [-0.25, -0.2) is 0 Å². The highest BCUT2D eigenvalue weighted by Gasteiger charge is 2.63. The summed E-state index contributed by atoms with van der Waals surface area (Å²) in [7, 11) is 0. The van der Waals surface area contributed by atoms with Gasteiger partial charge >= 0.3 is 0 Å². The van der Waals surface area contributed by atoms with Gasteiger partial charge in [0, 0.05) is 18.3 Å². The van der Waals surface area contributed by atoms with Gasteiger partial charge in [0.05, 0.1) is 19.3 Å². The summed E-state index contributed by atoms with van der Waals surface area (Å²) in [4.78, 5) is 0. The number of hydrogen-bond acceptors (Lipinski definition) is 3. The quantitative estimate of drug-likeness (QED) is 0.808. The van der Waals surface area contributed by atoms with E-state index in [-0.39, 0.29) is 6.61 Å². The highest BCUT2D eigenvalue weighted by Crippen LogP contribution is 2.67. The second kappa shape index (κ2) is 4.67. The van der Waals surface area contributed by atoms with Crippen molar-refractivity contribution in [1.82, 2.24) is 15.1 Å². The number of nitrogens with one attached hydrogen (secondary N) is 1. The van der Waals surface area contributed by atoms with Crippen molar-refractivity contribution in [2.75, 3.05) is 13.2 Å². The van der Waals surface area contributed by atoms with E-state index in [1.165, 1.54) is 5.56 Å². The first-order chi connectivity index (χ1) is 8.39. The van der Waals surface area contributed by atoms with Gasteiger partial charge in [-0.1, -0.05) is 27.7 Å². The van der Waals surface area contributed by atoms with Crippen molar-refractivity contribution < 1.29 is 5.11 Å². The number of aliphatic hydroxyl groups is 1. The molecule has 0 atom stereocenters. The Balaban J connectivity index is 1.76. The van der Waals surface area contributed by atoms with E-state index < -0.39 is 0 Å². The fourth-order valence-corrected chi connectivity index (χ4v) is 2.93. The molecule has 0 saturated heterocycles. The Morgan fingerprint density at radius 1 is 1.33 bits per heavy atom. The molecule has 1 aromatic heterocycles. The highest BCUT2D eigenvalue weighted by atomic mass is 16.3. The SMILES string of the molecule is CC1(C)C(CNCc2cnn(CCO)c2)C1(C)C. The molecule has 0 aliphatic heterocycles. The van der Waals surface area contributed by atoms with Crippen LogP contribution in [0.5, 0.6) is 0 Å². The van der Waals surface area contributed by atoms with Crippen LogP contribution in [0.3, 0.4) is 0 Å². The lowest BCUT2D eigenvalue weighted by molar-refractivity contribution is 0.269. The summed E-state index contributed by atoms with van der Waals surface area (Å²) < 4.78 is 1.78. The maximum absolute atomic E-state index is 8.82. The second-order valence-electron chi connectivity index (χ2n) is 6.46. The molecule has 0 amide bonds. The third-order valence-corrected chi connectivity index (χ3v) is 5.01. The van der Waals surface area contributed by atoms with E-state index in [0.29, 0.717) is 17.4 Å². The molecule has 4 heteroatoms.